The Morgan fingerprint density at radius 2 is 1.90 bits per heavy atom. The number of aliphatic carboxylic acids is 1. The summed E-state index contributed by atoms with van der Waals surface area (Å²) < 4.78 is 29.8. The zero-order valence-corrected chi connectivity index (χ0v) is 24.9. The summed E-state index contributed by atoms with van der Waals surface area (Å²) in [6.07, 6.45) is 0.627. The molecule has 0 spiro atoms. The van der Waals surface area contributed by atoms with Crippen LogP contribution in [-0.4, -0.2) is 67.1 Å². The van der Waals surface area contributed by atoms with Gasteiger partial charge in [-0.25, -0.2) is 13.4 Å². The summed E-state index contributed by atoms with van der Waals surface area (Å²) in [6, 6.07) is 12.5. The maximum atomic E-state index is 11.7. The number of nitrogens with zero attached hydrogens (tertiary/aromatic N) is 3. The fourth-order valence-corrected chi connectivity index (χ4v) is 7.67. The van der Waals surface area contributed by atoms with Gasteiger partial charge in [-0.2, -0.15) is 0 Å². The quantitative estimate of drug-likeness (QED) is 0.404. The minimum atomic E-state index is -2.88. The van der Waals surface area contributed by atoms with Crippen molar-refractivity contribution in [3.63, 3.8) is 0 Å². The highest BCUT2D eigenvalue weighted by Gasteiger charge is 2.32. The van der Waals surface area contributed by atoms with E-state index in [0.29, 0.717) is 39.2 Å². The summed E-state index contributed by atoms with van der Waals surface area (Å²) in [5.74, 6) is 0.311. The van der Waals surface area contributed by atoms with Gasteiger partial charge in [0.2, 0.25) is 0 Å². The van der Waals surface area contributed by atoms with E-state index in [1.54, 1.807) is 11.3 Å². The molecule has 3 aromatic rings. The molecule has 0 bridgehead atoms. The SMILES string of the molecule is Cc1ccc(OCc2ccc(CN3CCS(=O)(=O)CC3)cc2C)c(-c2csc(N3CCC(C(=O)O)[C@@H](C)C3)n2)c1. The molecule has 2 aromatic carbocycles. The molecule has 2 saturated heterocycles. The van der Waals surface area contributed by atoms with E-state index >= 15 is 0 Å². The number of carboxylic acid groups (broad SMARTS) is 1. The number of rotatable bonds is 8. The molecule has 5 rings (SSSR count). The summed E-state index contributed by atoms with van der Waals surface area (Å²) in [5.41, 5.74) is 6.36. The Balaban J connectivity index is 1.25. The Morgan fingerprint density at radius 1 is 1.12 bits per heavy atom. The minimum Gasteiger partial charge on any atom is -0.488 e. The highest BCUT2D eigenvalue weighted by Crippen LogP contribution is 2.36. The molecule has 0 radical (unpaired) electrons. The number of hydrogen-bond donors (Lipinski definition) is 1. The molecule has 40 heavy (non-hydrogen) atoms. The fourth-order valence-electron chi connectivity index (χ4n) is 5.53. The van der Waals surface area contributed by atoms with Gasteiger partial charge in [0.15, 0.2) is 15.0 Å². The van der Waals surface area contributed by atoms with Crippen molar-refractivity contribution in [3.8, 4) is 17.0 Å². The first-order chi connectivity index (χ1) is 19.1. The van der Waals surface area contributed by atoms with Gasteiger partial charge in [0, 0.05) is 43.7 Å². The van der Waals surface area contributed by atoms with Crippen molar-refractivity contribution in [2.24, 2.45) is 11.8 Å². The average molecular weight is 584 g/mol. The molecule has 0 aliphatic carbocycles. The summed E-state index contributed by atoms with van der Waals surface area (Å²) in [5, 5.41) is 12.4. The van der Waals surface area contributed by atoms with Crippen LogP contribution in [0, 0.1) is 25.7 Å². The summed E-state index contributed by atoms with van der Waals surface area (Å²) in [7, 11) is -2.88. The van der Waals surface area contributed by atoms with Crippen molar-refractivity contribution >= 4 is 32.3 Å². The number of hydrogen-bond acceptors (Lipinski definition) is 8. The molecular weight excluding hydrogens is 546 g/mol. The number of thiazole rings is 1. The number of carboxylic acids is 1. The molecule has 1 aromatic heterocycles. The number of ether oxygens (including phenoxy) is 1. The van der Waals surface area contributed by atoms with E-state index in [9.17, 15) is 18.3 Å². The lowest BCUT2D eigenvalue weighted by atomic mass is 9.87. The zero-order valence-electron chi connectivity index (χ0n) is 23.3. The van der Waals surface area contributed by atoms with Crippen molar-refractivity contribution in [1.29, 1.82) is 0 Å². The van der Waals surface area contributed by atoms with Gasteiger partial charge in [0.05, 0.1) is 23.1 Å². The maximum Gasteiger partial charge on any atom is 0.306 e. The van der Waals surface area contributed by atoms with Crippen molar-refractivity contribution in [2.45, 2.75) is 40.3 Å². The number of carbonyl (C=O) groups is 1. The summed E-state index contributed by atoms with van der Waals surface area (Å²) in [4.78, 5) is 20.8. The van der Waals surface area contributed by atoms with Gasteiger partial charge < -0.3 is 14.7 Å². The van der Waals surface area contributed by atoms with Crippen LogP contribution in [0.1, 0.15) is 35.6 Å². The van der Waals surface area contributed by atoms with Crippen LogP contribution < -0.4 is 9.64 Å². The third-order valence-corrected chi connectivity index (χ3v) is 10.5. The van der Waals surface area contributed by atoms with Crippen LogP contribution in [0.3, 0.4) is 0 Å². The molecule has 8 nitrogen and oxygen atoms in total. The predicted molar refractivity (Wildman–Crippen MR) is 159 cm³/mol. The smallest absolute Gasteiger partial charge is 0.306 e. The van der Waals surface area contributed by atoms with Crippen molar-refractivity contribution in [3.05, 3.63) is 64.0 Å². The van der Waals surface area contributed by atoms with E-state index in [1.807, 2.05) is 19.1 Å². The van der Waals surface area contributed by atoms with E-state index in [2.05, 4.69) is 53.3 Å². The minimum absolute atomic E-state index is 0.0714. The number of aromatic nitrogens is 1. The topological polar surface area (TPSA) is 100 Å². The molecular formula is C30H37N3O5S2. The lowest BCUT2D eigenvalue weighted by Gasteiger charge is -2.34. The number of benzene rings is 2. The van der Waals surface area contributed by atoms with Gasteiger partial charge in [-0.1, -0.05) is 36.8 Å². The van der Waals surface area contributed by atoms with E-state index in [1.165, 1.54) is 5.56 Å². The normalized spacial score (nSPS) is 21.3. The van der Waals surface area contributed by atoms with Gasteiger partial charge in [0.1, 0.15) is 12.4 Å². The molecule has 10 heteroatoms. The number of piperidine rings is 1. The first-order valence-corrected chi connectivity index (χ1v) is 16.5. The fraction of sp³-hybridized carbons (Fsp3) is 0.467. The lowest BCUT2D eigenvalue weighted by Crippen LogP contribution is -2.42. The molecule has 1 unspecified atom stereocenters. The second-order valence-electron chi connectivity index (χ2n) is 11.1. The number of sulfone groups is 1. The van der Waals surface area contributed by atoms with Crippen LogP contribution in [0.5, 0.6) is 5.75 Å². The molecule has 2 fully saturated rings. The van der Waals surface area contributed by atoms with Gasteiger partial charge in [-0.15, -0.1) is 11.3 Å². The predicted octanol–water partition coefficient (Wildman–Crippen LogP) is 4.78. The number of aryl methyl sites for hydroxylation is 2. The Morgan fingerprint density at radius 3 is 2.60 bits per heavy atom. The van der Waals surface area contributed by atoms with E-state index < -0.39 is 15.8 Å². The summed E-state index contributed by atoms with van der Waals surface area (Å²) >= 11 is 1.58. The van der Waals surface area contributed by atoms with Crippen LogP contribution in [0.4, 0.5) is 5.13 Å². The average Bonchev–Trinajstić information content (AvgIpc) is 3.40. The lowest BCUT2D eigenvalue weighted by molar-refractivity contribution is -0.144. The van der Waals surface area contributed by atoms with Crippen LogP contribution >= 0.6 is 11.3 Å². The van der Waals surface area contributed by atoms with Gasteiger partial charge in [-0.3, -0.25) is 9.69 Å². The monoisotopic (exact) mass is 583 g/mol. The molecule has 2 aliphatic rings. The van der Waals surface area contributed by atoms with Crippen LogP contribution in [0.15, 0.2) is 41.8 Å². The Hall–Kier alpha value is -2.95. The molecule has 3 heterocycles. The van der Waals surface area contributed by atoms with E-state index in [-0.39, 0.29) is 23.3 Å². The third-order valence-electron chi connectivity index (χ3n) is 8.03. The van der Waals surface area contributed by atoms with Gasteiger partial charge in [0.25, 0.3) is 0 Å². The van der Waals surface area contributed by atoms with E-state index in [0.717, 1.165) is 45.4 Å². The molecule has 214 valence electrons. The second kappa shape index (κ2) is 11.9. The molecule has 2 aliphatic heterocycles. The van der Waals surface area contributed by atoms with E-state index in [4.69, 9.17) is 9.72 Å². The van der Waals surface area contributed by atoms with Crippen LogP contribution in [0.25, 0.3) is 11.3 Å². The maximum absolute atomic E-state index is 11.7. The highest BCUT2D eigenvalue weighted by molar-refractivity contribution is 7.91. The molecule has 0 saturated carbocycles. The third kappa shape index (κ3) is 6.67. The Bertz CT molecular complexity index is 1470. The standard InChI is InChI=1S/C30H37N3O5S2/c1-20-4-7-28(26(14-20)27-19-39-30(31-27)33-9-8-25(29(34)35)22(3)16-33)38-18-24-6-5-23(15-21(24)2)17-32-10-12-40(36,37)13-11-32/h4-7,14-15,19,22,25H,8-13,16-18H2,1-3H3,(H,34,35)/t22-,25?/m0/s1. The second-order valence-corrected chi connectivity index (χ2v) is 14.3. The first kappa shape index (κ1) is 28.6. The Kier molecular flexibility index (Phi) is 8.49. The summed E-state index contributed by atoms with van der Waals surface area (Å²) in [6.45, 7) is 9.87. The number of anilines is 1. The van der Waals surface area contributed by atoms with Gasteiger partial charge in [-0.05, 0) is 55.0 Å². The van der Waals surface area contributed by atoms with Crippen LogP contribution in [0.2, 0.25) is 0 Å². The Labute approximate surface area is 240 Å². The van der Waals surface area contributed by atoms with Crippen LogP contribution in [-0.2, 0) is 27.8 Å². The molecule has 1 N–H and O–H groups in total. The first-order valence-electron chi connectivity index (χ1n) is 13.8. The molecule has 0 amide bonds. The molecule has 2 atom stereocenters. The van der Waals surface area contributed by atoms with Crippen molar-refractivity contribution in [1.82, 2.24) is 9.88 Å². The van der Waals surface area contributed by atoms with Crippen molar-refractivity contribution in [2.75, 3.05) is 42.6 Å². The largest absolute Gasteiger partial charge is 0.488 e. The van der Waals surface area contributed by atoms with Crippen molar-refractivity contribution < 1.29 is 23.1 Å². The zero-order chi connectivity index (χ0) is 28.4. The highest BCUT2D eigenvalue weighted by atomic mass is 32.2. The van der Waals surface area contributed by atoms with Gasteiger partial charge >= 0.3 is 5.97 Å².